The molecule has 0 amide bonds. The zero-order valence-electron chi connectivity index (χ0n) is 9.61. The summed E-state index contributed by atoms with van der Waals surface area (Å²) < 4.78 is 4.31. The van der Waals surface area contributed by atoms with Crippen LogP contribution in [0.4, 0.5) is 0 Å². The normalized spacial score (nSPS) is 10.3. The van der Waals surface area contributed by atoms with Crippen molar-refractivity contribution in [1.82, 2.24) is 0 Å². The first-order valence-electron chi connectivity index (χ1n) is 5.06. The van der Waals surface area contributed by atoms with Gasteiger partial charge in [0.2, 0.25) is 0 Å². The molecule has 0 aliphatic heterocycles. The van der Waals surface area contributed by atoms with E-state index in [9.17, 15) is 4.79 Å². The first-order valence-corrected chi connectivity index (χ1v) is 6.10. The Morgan fingerprint density at radius 3 is 2.27 bits per heavy atom. The average Bonchev–Trinajstić information content (AvgIpc) is 2.09. The molecule has 90 valence electrons. The van der Waals surface area contributed by atoms with Gasteiger partial charge in [0.25, 0.3) is 0 Å². The molecule has 0 aromatic heterocycles. The number of unbranched alkanes of at least 4 members (excludes halogenated alkanes) is 2. The number of ether oxygens (including phenoxy) is 1. The van der Waals surface area contributed by atoms with Crippen LogP contribution < -0.4 is 0 Å². The molecule has 0 rings (SSSR count). The zero-order valence-corrected chi connectivity index (χ0v) is 15.4. The maximum absolute atomic E-state index is 10.9. The van der Waals surface area contributed by atoms with Crippen molar-refractivity contribution >= 4 is 55.1 Å². The van der Waals surface area contributed by atoms with Crippen LogP contribution in [0.1, 0.15) is 39.5 Å². The molecular weight excluding hydrogens is 335 g/mol. The third kappa shape index (κ3) is 12.9. The minimum absolute atomic E-state index is 0. The van der Waals surface area contributed by atoms with Crippen molar-refractivity contribution in [2.75, 3.05) is 6.61 Å². The predicted molar refractivity (Wildman–Crippen MR) is 74.6 cm³/mol. The van der Waals surface area contributed by atoms with Crippen LogP contribution in [0.3, 0.4) is 0 Å². The minimum atomic E-state index is -0.606. The molecule has 0 aromatic carbocycles. The number of hydrogen-bond acceptors (Lipinski definition) is 4. The number of carbonyl (C=O) groups is 1. The van der Waals surface area contributed by atoms with E-state index in [0.717, 1.165) is 18.8 Å². The summed E-state index contributed by atoms with van der Waals surface area (Å²) in [6.45, 7) is 4.92. The standard InChI is InChI=1S/C10H20O2S2.Sn.2H/c1-8(2)6-4-3-5-7-12-9(11)10(13)14;;;/h8,10,13-14H,3-7H2,1-2H3;;;. The molecule has 2 radical (unpaired) electrons. The van der Waals surface area contributed by atoms with E-state index in [0.29, 0.717) is 6.61 Å². The van der Waals surface area contributed by atoms with Crippen LogP contribution in [-0.4, -0.2) is 41.1 Å². The molecule has 0 N–H and O–H groups in total. The molecule has 0 aliphatic carbocycles. The van der Waals surface area contributed by atoms with Crippen LogP contribution in [0.5, 0.6) is 0 Å². The van der Waals surface area contributed by atoms with Gasteiger partial charge >= 0.3 is 29.9 Å². The fourth-order valence-electron chi connectivity index (χ4n) is 1.08. The Balaban J connectivity index is 0. The monoisotopic (exact) mass is 358 g/mol. The van der Waals surface area contributed by atoms with Gasteiger partial charge in [0.15, 0.2) is 0 Å². The van der Waals surface area contributed by atoms with E-state index in [1.807, 2.05) is 0 Å². The van der Waals surface area contributed by atoms with Gasteiger partial charge in [-0.3, -0.25) is 0 Å². The molecule has 0 saturated heterocycles. The number of thiol groups is 2. The molecule has 0 aromatic rings. The van der Waals surface area contributed by atoms with Gasteiger partial charge < -0.3 is 4.74 Å². The van der Waals surface area contributed by atoms with Crippen LogP contribution in [0.15, 0.2) is 0 Å². The second-order valence-electron chi connectivity index (χ2n) is 3.78. The van der Waals surface area contributed by atoms with Crippen LogP contribution in [-0.2, 0) is 9.53 Å². The summed E-state index contributed by atoms with van der Waals surface area (Å²) in [6.07, 6.45) is 4.51. The number of esters is 1. The van der Waals surface area contributed by atoms with Crippen molar-refractivity contribution in [3.05, 3.63) is 0 Å². The Hall–Kier alpha value is 0.969. The van der Waals surface area contributed by atoms with Gasteiger partial charge in [0, 0.05) is 0 Å². The van der Waals surface area contributed by atoms with Crippen molar-refractivity contribution in [2.45, 2.75) is 44.1 Å². The first kappa shape index (κ1) is 18.3. The van der Waals surface area contributed by atoms with E-state index in [1.54, 1.807) is 0 Å². The van der Waals surface area contributed by atoms with Crippen molar-refractivity contribution in [3.63, 3.8) is 0 Å². The summed E-state index contributed by atoms with van der Waals surface area (Å²) in [5, 5.41) is 0. The fraction of sp³-hybridized carbons (Fsp3) is 0.900. The fourth-order valence-corrected chi connectivity index (χ4v) is 1.23. The molecule has 0 aliphatic rings. The third-order valence-corrected chi connectivity index (χ3v) is 2.30. The molecule has 0 atom stereocenters. The molecule has 5 heteroatoms. The Bertz CT molecular complexity index is 164. The number of hydrogen-bond donors (Lipinski definition) is 2. The molecule has 2 nitrogen and oxygen atoms in total. The SMILES string of the molecule is CC(C)CCCCCOC(=O)C(S)S.[SnH2]. The van der Waals surface area contributed by atoms with Crippen LogP contribution >= 0.6 is 25.3 Å². The molecule has 0 spiro atoms. The number of carbonyl (C=O) groups excluding carboxylic acids is 1. The summed E-state index contributed by atoms with van der Waals surface area (Å²) in [4.78, 5) is 10.9. The summed E-state index contributed by atoms with van der Waals surface area (Å²) in [6, 6.07) is 0. The topological polar surface area (TPSA) is 26.3 Å². The Morgan fingerprint density at radius 2 is 1.80 bits per heavy atom. The Kier molecular flexibility index (Phi) is 14.0. The molecule has 0 heterocycles. The van der Waals surface area contributed by atoms with Gasteiger partial charge in [0.1, 0.15) is 4.58 Å². The van der Waals surface area contributed by atoms with Gasteiger partial charge in [-0.2, -0.15) is 25.3 Å². The maximum atomic E-state index is 10.9. The molecular formula is C10H22O2S2Sn. The van der Waals surface area contributed by atoms with E-state index in [4.69, 9.17) is 4.74 Å². The van der Waals surface area contributed by atoms with Crippen molar-refractivity contribution in [1.29, 1.82) is 0 Å². The van der Waals surface area contributed by atoms with Crippen molar-refractivity contribution in [3.8, 4) is 0 Å². The molecule has 15 heavy (non-hydrogen) atoms. The third-order valence-electron chi connectivity index (χ3n) is 1.88. The van der Waals surface area contributed by atoms with E-state index < -0.39 is 4.58 Å². The summed E-state index contributed by atoms with van der Waals surface area (Å²) >= 11 is 7.71. The van der Waals surface area contributed by atoms with Crippen LogP contribution in [0.25, 0.3) is 0 Å². The van der Waals surface area contributed by atoms with E-state index in [2.05, 4.69) is 39.1 Å². The quantitative estimate of drug-likeness (QED) is 0.240. The van der Waals surface area contributed by atoms with E-state index in [-0.39, 0.29) is 29.9 Å². The summed E-state index contributed by atoms with van der Waals surface area (Å²) in [5.74, 6) is 0.414. The average molecular weight is 357 g/mol. The van der Waals surface area contributed by atoms with Gasteiger partial charge in [-0.1, -0.05) is 33.1 Å². The van der Waals surface area contributed by atoms with E-state index in [1.165, 1.54) is 12.8 Å². The molecule has 0 unspecified atom stereocenters. The van der Waals surface area contributed by atoms with Crippen LogP contribution in [0, 0.1) is 5.92 Å². The molecule has 0 bridgehead atoms. The molecule has 0 fully saturated rings. The van der Waals surface area contributed by atoms with Gasteiger partial charge in [-0.05, 0) is 12.3 Å². The first-order chi connectivity index (χ1) is 6.54. The Labute approximate surface area is 121 Å². The number of rotatable bonds is 7. The second kappa shape index (κ2) is 11.5. The van der Waals surface area contributed by atoms with E-state index >= 15 is 0 Å². The van der Waals surface area contributed by atoms with Gasteiger partial charge in [-0.25, -0.2) is 4.79 Å². The Morgan fingerprint density at radius 1 is 1.20 bits per heavy atom. The van der Waals surface area contributed by atoms with Gasteiger partial charge in [0.05, 0.1) is 6.61 Å². The second-order valence-corrected chi connectivity index (χ2v) is 5.22. The zero-order chi connectivity index (χ0) is 11.0. The summed E-state index contributed by atoms with van der Waals surface area (Å²) in [5.41, 5.74) is 0. The predicted octanol–water partition coefficient (Wildman–Crippen LogP) is 2.02. The summed E-state index contributed by atoms with van der Waals surface area (Å²) in [7, 11) is 0. The van der Waals surface area contributed by atoms with Crippen molar-refractivity contribution < 1.29 is 9.53 Å². The van der Waals surface area contributed by atoms with Gasteiger partial charge in [-0.15, -0.1) is 0 Å². The molecule has 0 saturated carbocycles. The van der Waals surface area contributed by atoms with Crippen LogP contribution in [0.2, 0.25) is 0 Å². The van der Waals surface area contributed by atoms with Crippen molar-refractivity contribution in [2.24, 2.45) is 5.92 Å².